The standard InChI is InChI=1S/C11H17N3OS/c1-2-5-12-11(15)13-6-9-7-16-10(14-9)8-3-4-8/h7-8H,2-6H2,1H3,(H2,12,13,15). The van der Waals surface area contributed by atoms with Crippen molar-refractivity contribution in [2.45, 2.75) is 38.6 Å². The molecule has 0 aromatic carbocycles. The predicted molar refractivity (Wildman–Crippen MR) is 64.6 cm³/mol. The van der Waals surface area contributed by atoms with Gasteiger partial charge in [0.15, 0.2) is 0 Å². The van der Waals surface area contributed by atoms with Gasteiger partial charge in [-0.05, 0) is 19.3 Å². The number of nitrogens with zero attached hydrogens (tertiary/aromatic N) is 1. The van der Waals surface area contributed by atoms with E-state index in [1.807, 2.05) is 12.3 Å². The number of hydrogen-bond acceptors (Lipinski definition) is 3. The van der Waals surface area contributed by atoms with Gasteiger partial charge < -0.3 is 10.6 Å². The van der Waals surface area contributed by atoms with Crippen LogP contribution >= 0.6 is 11.3 Å². The first-order valence-corrected chi connectivity index (χ1v) is 6.63. The molecule has 0 unspecified atom stereocenters. The summed E-state index contributed by atoms with van der Waals surface area (Å²) in [4.78, 5) is 15.8. The first kappa shape index (κ1) is 11.4. The fourth-order valence-electron chi connectivity index (χ4n) is 1.39. The number of carbonyl (C=O) groups excluding carboxylic acids is 1. The Hall–Kier alpha value is -1.10. The second-order valence-electron chi connectivity index (χ2n) is 4.06. The molecule has 1 fully saturated rings. The average molecular weight is 239 g/mol. The molecule has 16 heavy (non-hydrogen) atoms. The first-order valence-electron chi connectivity index (χ1n) is 5.75. The number of carbonyl (C=O) groups is 1. The Balaban J connectivity index is 1.73. The Bertz CT molecular complexity index is 360. The summed E-state index contributed by atoms with van der Waals surface area (Å²) >= 11 is 1.71. The zero-order valence-electron chi connectivity index (χ0n) is 9.45. The van der Waals surface area contributed by atoms with Crippen LogP contribution in [0, 0.1) is 0 Å². The van der Waals surface area contributed by atoms with E-state index in [-0.39, 0.29) is 6.03 Å². The van der Waals surface area contributed by atoms with E-state index in [1.54, 1.807) is 11.3 Å². The molecule has 88 valence electrons. The highest BCUT2D eigenvalue weighted by Crippen LogP contribution is 2.41. The lowest BCUT2D eigenvalue weighted by atomic mass is 10.4. The highest BCUT2D eigenvalue weighted by atomic mass is 32.1. The molecule has 4 nitrogen and oxygen atoms in total. The molecule has 1 aromatic rings. The van der Waals surface area contributed by atoms with Gasteiger partial charge in [0.05, 0.1) is 17.2 Å². The summed E-state index contributed by atoms with van der Waals surface area (Å²) in [5, 5.41) is 8.83. The normalized spacial score (nSPS) is 14.8. The molecule has 2 N–H and O–H groups in total. The van der Waals surface area contributed by atoms with Gasteiger partial charge in [0, 0.05) is 17.8 Å². The third-order valence-electron chi connectivity index (χ3n) is 2.46. The zero-order chi connectivity index (χ0) is 11.4. The van der Waals surface area contributed by atoms with Gasteiger partial charge in [-0.15, -0.1) is 11.3 Å². The molecular weight excluding hydrogens is 222 g/mol. The molecule has 0 bridgehead atoms. The first-order chi connectivity index (χ1) is 7.79. The van der Waals surface area contributed by atoms with Gasteiger partial charge >= 0.3 is 6.03 Å². The molecule has 2 rings (SSSR count). The van der Waals surface area contributed by atoms with E-state index >= 15 is 0 Å². The Morgan fingerprint density at radius 2 is 2.38 bits per heavy atom. The molecule has 0 atom stereocenters. The van der Waals surface area contributed by atoms with Crippen LogP contribution in [0.1, 0.15) is 42.8 Å². The number of urea groups is 1. The van der Waals surface area contributed by atoms with Gasteiger partial charge in [0.1, 0.15) is 0 Å². The number of rotatable bonds is 5. The maximum Gasteiger partial charge on any atom is 0.315 e. The third-order valence-corrected chi connectivity index (χ3v) is 3.52. The fourth-order valence-corrected chi connectivity index (χ4v) is 2.38. The number of hydrogen-bond donors (Lipinski definition) is 2. The average Bonchev–Trinajstić information content (AvgIpc) is 3.03. The molecule has 1 saturated carbocycles. The largest absolute Gasteiger partial charge is 0.338 e. The smallest absolute Gasteiger partial charge is 0.315 e. The Kier molecular flexibility index (Phi) is 3.77. The van der Waals surface area contributed by atoms with Crippen molar-refractivity contribution in [1.82, 2.24) is 15.6 Å². The minimum atomic E-state index is -0.108. The van der Waals surface area contributed by atoms with Crippen molar-refractivity contribution in [3.8, 4) is 0 Å². The molecule has 0 aliphatic heterocycles. The van der Waals surface area contributed by atoms with Crippen LogP contribution in [0.4, 0.5) is 4.79 Å². The summed E-state index contributed by atoms with van der Waals surface area (Å²) in [6.07, 6.45) is 3.50. The lowest BCUT2D eigenvalue weighted by Crippen LogP contribution is -2.35. The molecule has 1 aliphatic rings. The fraction of sp³-hybridized carbons (Fsp3) is 0.636. The molecule has 0 radical (unpaired) electrons. The van der Waals surface area contributed by atoms with Crippen LogP contribution in [-0.2, 0) is 6.54 Å². The molecule has 0 saturated heterocycles. The van der Waals surface area contributed by atoms with E-state index in [9.17, 15) is 4.79 Å². The summed E-state index contributed by atoms with van der Waals surface area (Å²) in [6.45, 7) is 3.28. The highest BCUT2D eigenvalue weighted by Gasteiger charge is 2.26. The minimum Gasteiger partial charge on any atom is -0.338 e. The van der Waals surface area contributed by atoms with Crippen molar-refractivity contribution < 1.29 is 4.79 Å². The summed E-state index contributed by atoms with van der Waals surface area (Å²) in [7, 11) is 0. The third kappa shape index (κ3) is 3.20. The Morgan fingerprint density at radius 3 is 3.06 bits per heavy atom. The number of aromatic nitrogens is 1. The van der Waals surface area contributed by atoms with Crippen LogP contribution in [0.25, 0.3) is 0 Å². The summed E-state index contributed by atoms with van der Waals surface area (Å²) < 4.78 is 0. The summed E-state index contributed by atoms with van der Waals surface area (Å²) in [5.74, 6) is 0.702. The highest BCUT2D eigenvalue weighted by molar-refractivity contribution is 7.09. The summed E-state index contributed by atoms with van der Waals surface area (Å²) in [5.41, 5.74) is 0.971. The van der Waals surface area contributed by atoms with Crippen LogP contribution in [0.5, 0.6) is 0 Å². The monoisotopic (exact) mass is 239 g/mol. The van der Waals surface area contributed by atoms with Crippen molar-refractivity contribution in [3.05, 3.63) is 16.1 Å². The topological polar surface area (TPSA) is 54.0 Å². The van der Waals surface area contributed by atoms with Gasteiger partial charge in [-0.25, -0.2) is 9.78 Å². The molecule has 1 heterocycles. The van der Waals surface area contributed by atoms with E-state index in [0.29, 0.717) is 12.5 Å². The maximum absolute atomic E-state index is 11.3. The number of amides is 2. The Morgan fingerprint density at radius 1 is 1.56 bits per heavy atom. The molecular formula is C11H17N3OS. The van der Waals surface area contributed by atoms with Gasteiger partial charge in [0.25, 0.3) is 0 Å². The van der Waals surface area contributed by atoms with Crippen LogP contribution in [0.2, 0.25) is 0 Å². The van der Waals surface area contributed by atoms with Crippen LogP contribution < -0.4 is 10.6 Å². The van der Waals surface area contributed by atoms with Crippen LogP contribution in [0.3, 0.4) is 0 Å². The van der Waals surface area contributed by atoms with E-state index < -0.39 is 0 Å². The van der Waals surface area contributed by atoms with E-state index in [1.165, 1.54) is 17.8 Å². The quantitative estimate of drug-likeness (QED) is 0.828. The van der Waals surface area contributed by atoms with Crippen LogP contribution in [0.15, 0.2) is 5.38 Å². The van der Waals surface area contributed by atoms with Crippen molar-refractivity contribution in [1.29, 1.82) is 0 Å². The zero-order valence-corrected chi connectivity index (χ0v) is 10.3. The molecule has 1 aromatic heterocycles. The van der Waals surface area contributed by atoms with Gasteiger partial charge in [0.2, 0.25) is 0 Å². The van der Waals surface area contributed by atoms with Crippen LogP contribution in [-0.4, -0.2) is 17.6 Å². The molecule has 0 spiro atoms. The molecule has 1 aliphatic carbocycles. The van der Waals surface area contributed by atoms with Gasteiger partial charge in [-0.3, -0.25) is 0 Å². The Labute approximate surface area is 99.5 Å². The lowest BCUT2D eigenvalue weighted by Gasteiger charge is -2.04. The van der Waals surface area contributed by atoms with E-state index in [0.717, 1.165) is 18.7 Å². The van der Waals surface area contributed by atoms with Crippen molar-refractivity contribution in [2.24, 2.45) is 0 Å². The second kappa shape index (κ2) is 5.30. The van der Waals surface area contributed by atoms with E-state index in [4.69, 9.17) is 0 Å². The molecule has 2 amide bonds. The lowest BCUT2D eigenvalue weighted by molar-refractivity contribution is 0.240. The van der Waals surface area contributed by atoms with Crippen molar-refractivity contribution in [2.75, 3.05) is 6.54 Å². The van der Waals surface area contributed by atoms with E-state index in [2.05, 4.69) is 15.6 Å². The predicted octanol–water partition coefficient (Wildman–Crippen LogP) is 2.23. The summed E-state index contributed by atoms with van der Waals surface area (Å²) in [6, 6.07) is -0.108. The second-order valence-corrected chi connectivity index (χ2v) is 4.95. The van der Waals surface area contributed by atoms with Gasteiger partial charge in [-0.1, -0.05) is 6.92 Å². The number of thiazole rings is 1. The maximum atomic E-state index is 11.3. The van der Waals surface area contributed by atoms with Crippen molar-refractivity contribution >= 4 is 17.4 Å². The SMILES string of the molecule is CCCNC(=O)NCc1csc(C2CC2)n1. The number of nitrogens with one attached hydrogen (secondary N) is 2. The van der Waals surface area contributed by atoms with Crippen molar-refractivity contribution in [3.63, 3.8) is 0 Å². The molecule has 5 heteroatoms. The van der Waals surface area contributed by atoms with Gasteiger partial charge in [-0.2, -0.15) is 0 Å². The minimum absolute atomic E-state index is 0.108.